The van der Waals surface area contributed by atoms with E-state index < -0.39 is 11.5 Å². The number of carbonyl (C=O) groups excluding carboxylic acids is 1. The number of rotatable bonds is 1. The lowest BCUT2D eigenvalue weighted by molar-refractivity contribution is 0.1000. The van der Waals surface area contributed by atoms with Crippen LogP contribution in [0, 0.1) is 6.07 Å². The van der Waals surface area contributed by atoms with Crippen molar-refractivity contribution in [2.24, 2.45) is 5.73 Å². The highest BCUT2D eigenvalue weighted by Crippen LogP contribution is 1.87. The summed E-state index contributed by atoms with van der Waals surface area (Å²) in [6.45, 7) is 0. The Morgan fingerprint density at radius 2 is 2.40 bits per heavy atom. The zero-order valence-corrected chi connectivity index (χ0v) is 5.05. The molecule has 0 saturated heterocycles. The molecule has 51 valence electrons. The van der Waals surface area contributed by atoms with Gasteiger partial charge in [-0.25, -0.2) is 0 Å². The summed E-state index contributed by atoms with van der Waals surface area (Å²) in [5.41, 5.74) is 4.51. The van der Waals surface area contributed by atoms with E-state index in [0.29, 0.717) is 0 Å². The van der Waals surface area contributed by atoms with Crippen LogP contribution in [0.25, 0.3) is 0 Å². The average Bonchev–Trinajstić information content (AvgIpc) is 1.88. The van der Waals surface area contributed by atoms with Crippen LogP contribution in [0.2, 0.25) is 0 Å². The van der Waals surface area contributed by atoms with Crippen molar-refractivity contribution in [3.63, 3.8) is 0 Å². The molecule has 0 aliphatic rings. The second-order valence-corrected chi connectivity index (χ2v) is 1.71. The lowest BCUT2D eigenvalue weighted by atomic mass is 10.3. The van der Waals surface area contributed by atoms with Gasteiger partial charge in [0.15, 0.2) is 0 Å². The highest BCUT2D eigenvalue weighted by atomic mass is 16.1. The van der Waals surface area contributed by atoms with Gasteiger partial charge in [-0.1, -0.05) is 0 Å². The van der Waals surface area contributed by atoms with Gasteiger partial charge in [-0.2, -0.15) is 0 Å². The lowest BCUT2D eigenvalue weighted by Crippen LogP contribution is -2.15. The molecule has 0 saturated carbocycles. The van der Waals surface area contributed by atoms with Crippen molar-refractivity contribution in [3.8, 4) is 0 Å². The standard InChI is InChI=1S/C6H5N2O2/c7-6(10)4-1-2-8-5(9)3-4/h1-2H,(H2,7,10)(H,8,9). The third kappa shape index (κ3) is 1.22. The van der Waals surface area contributed by atoms with Gasteiger partial charge in [0.2, 0.25) is 5.91 Å². The van der Waals surface area contributed by atoms with Gasteiger partial charge in [0, 0.05) is 6.20 Å². The van der Waals surface area contributed by atoms with Gasteiger partial charge < -0.3 is 10.7 Å². The Morgan fingerprint density at radius 3 is 2.80 bits per heavy atom. The van der Waals surface area contributed by atoms with E-state index in [1.165, 1.54) is 12.3 Å². The van der Waals surface area contributed by atoms with E-state index in [1.807, 2.05) is 0 Å². The molecule has 0 atom stereocenters. The maximum absolute atomic E-state index is 10.5. The molecule has 4 nitrogen and oxygen atoms in total. The zero-order chi connectivity index (χ0) is 7.56. The molecule has 10 heavy (non-hydrogen) atoms. The van der Waals surface area contributed by atoms with Crippen LogP contribution in [-0.2, 0) is 0 Å². The predicted octanol–water partition coefficient (Wildman–Crippen LogP) is -0.726. The van der Waals surface area contributed by atoms with Gasteiger partial charge in [-0.3, -0.25) is 9.59 Å². The molecule has 4 heteroatoms. The highest BCUT2D eigenvalue weighted by molar-refractivity contribution is 5.92. The molecule has 0 aliphatic heterocycles. The molecular formula is C6H5N2O2. The van der Waals surface area contributed by atoms with Crippen LogP contribution in [0.15, 0.2) is 17.1 Å². The predicted molar refractivity (Wildman–Crippen MR) is 34.4 cm³/mol. The Hall–Kier alpha value is -1.58. The number of primary amides is 1. The van der Waals surface area contributed by atoms with Crippen LogP contribution < -0.4 is 11.3 Å². The normalized spacial score (nSPS) is 9.20. The SMILES string of the molecule is NC(=O)c1[c]c(=O)[nH]cc1. The second-order valence-electron chi connectivity index (χ2n) is 1.71. The molecule has 0 aromatic carbocycles. The Kier molecular flexibility index (Phi) is 1.53. The molecule has 1 rings (SSSR count). The van der Waals surface area contributed by atoms with Crippen LogP contribution in [0.3, 0.4) is 0 Å². The number of hydrogen-bond donors (Lipinski definition) is 2. The molecule has 1 heterocycles. The van der Waals surface area contributed by atoms with Gasteiger partial charge in [0.25, 0.3) is 5.56 Å². The van der Waals surface area contributed by atoms with Crippen molar-refractivity contribution >= 4 is 5.91 Å². The zero-order valence-electron chi connectivity index (χ0n) is 5.05. The first kappa shape index (κ1) is 6.54. The number of hydrogen-bond acceptors (Lipinski definition) is 2. The number of amides is 1. The fraction of sp³-hybridized carbons (Fsp3) is 0. The van der Waals surface area contributed by atoms with Crippen molar-refractivity contribution < 1.29 is 4.79 Å². The topological polar surface area (TPSA) is 76.0 Å². The summed E-state index contributed by atoms with van der Waals surface area (Å²) in [4.78, 5) is 23.2. The van der Waals surface area contributed by atoms with Crippen molar-refractivity contribution in [1.82, 2.24) is 4.98 Å². The summed E-state index contributed by atoms with van der Waals surface area (Å²) in [6, 6.07) is 3.61. The van der Waals surface area contributed by atoms with Gasteiger partial charge in [0.05, 0.1) is 11.6 Å². The van der Waals surface area contributed by atoms with Gasteiger partial charge >= 0.3 is 0 Å². The molecule has 0 unspecified atom stereocenters. The van der Waals surface area contributed by atoms with Crippen molar-refractivity contribution in [2.75, 3.05) is 0 Å². The lowest BCUT2D eigenvalue weighted by Gasteiger charge is -1.88. The van der Waals surface area contributed by atoms with E-state index in [9.17, 15) is 9.59 Å². The maximum Gasteiger partial charge on any atom is 0.256 e. The molecule has 0 aliphatic carbocycles. The first-order valence-electron chi connectivity index (χ1n) is 2.61. The highest BCUT2D eigenvalue weighted by Gasteiger charge is 1.98. The second kappa shape index (κ2) is 2.34. The number of pyridine rings is 1. The number of nitrogens with two attached hydrogens (primary N) is 1. The first-order chi connectivity index (χ1) is 4.70. The largest absolute Gasteiger partial charge is 0.366 e. The van der Waals surface area contributed by atoms with Gasteiger partial charge in [0.1, 0.15) is 0 Å². The summed E-state index contributed by atoms with van der Waals surface area (Å²) < 4.78 is 0. The Morgan fingerprint density at radius 1 is 1.70 bits per heavy atom. The van der Waals surface area contributed by atoms with Crippen LogP contribution in [0.4, 0.5) is 0 Å². The van der Waals surface area contributed by atoms with Crippen LogP contribution >= 0.6 is 0 Å². The molecule has 1 aromatic heterocycles. The number of nitrogens with one attached hydrogen (secondary N) is 1. The van der Waals surface area contributed by atoms with Crippen molar-refractivity contribution in [2.45, 2.75) is 0 Å². The molecule has 0 bridgehead atoms. The average molecular weight is 137 g/mol. The summed E-state index contributed by atoms with van der Waals surface area (Å²) in [5, 5.41) is 0. The number of aromatic nitrogens is 1. The third-order valence-electron chi connectivity index (χ3n) is 0.978. The Labute approximate surface area is 56.7 Å². The molecular weight excluding hydrogens is 132 g/mol. The number of carbonyl (C=O) groups is 1. The van der Waals surface area contributed by atoms with Crippen molar-refractivity contribution in [1.29, 1.82) is 0 Å². The van der Waals surface area contributed by atoms with E-state index in [-0.39, 0.29) is 5.56 Å². The van der Waals surface area contributed by atoms with Gasteiger partial charge in [-0.15, -0.1) is 0 Å². The summed E-state index contributed by atoms with van der Waals surface area (Å²) in [5.74, 6) is -0.647. The van der Waals surface area contributed by atoms with E-state index in [0.717, 1.165) is 0 Å². The minimum atomic E-state index is -0.647. The molecule has 1 amide bonds. The molecule has 3 N–H and O–H groups in total. The molecule has 1 aromatic rings. The maximum atomic E-state index is 10.5. The third-order valence-corrected chi connectivity index (χ3v) is 0.978. The quantitative estimate of drug-likeness (QED) is 0.535. The summed E-state index contributed by atoms with van der Waals surface area (Å²) in [7, 11) is 0. The smallest absolute Gasteiger partial charge is 0.256 e. The Bertz CT molecular complexity index is 303. The summed E-state index contributed by atoms with van der Waals surface area (Å²) in [6.07, 6.45) is 1.35. The van der Waals surface area contributed by atoms with E-state index in [2.05, 4.69) is 11.1 Å². The van der Waals surface area contributed by atoms with Crippen molar-refractivity contribution in [3.05, 3.63) is 34.2 Å². The molecule has 0 fully saturated rings. The fourth-order valence-corrected chi connectivity index (χ4v) is 0.544. The minimum Gasteiger partial charge on any atom is -0.366 e. The van der Waals surface area contributed by atoms with E-state index >= 15 is 0 Å². The van der Waals surface area contributed by atoms with Gasteiger partial charge in [-0.05, 0) is 6.07 Å². The monoisotopic (exact) mass is 137 g/mol. The Balaban J connectivity index is 3.20. The van der Waals surface area contributed by atoms with E-state index in [4.69, 9.17) is 5.73 Å². The van der Waals surface area contributed by atoms with Crippen LogP contribution in [-0.4, -0.2) is 10.9 Å². The first-order valence-corrected chi connectivity index (χ1v) is 2.61. The molecule has 1 radical (unpaired) electrons. The van der Waals surface area contributed by atoms with Crippen LogP contribution in [0.1, 0.15) is 10.4 Å². The fourth-order valence-electron chi connectivity index (χ4n) is 0.544. The van der Waals surface area contributed by atoms with Crippen LogP contribution in [0.5, 0.6) is 0 Å². The number of aromatic amines is 1. The summed E-state index contributed by atoms with van der Waals surface area (Å²) >= 11 is 0. The number of H-pyrrole nitrogens is 1. The van der Waals surface area contributed by atoms with E-state index in [1.54, 1.807) is 0 Å². The molecule has 0 spiro atoms. The minimum absolute atomic E-state index is 0.101.